The lowest BCUT2D eigenvalue weighted by atomic mass is 10.1. The highest BCUT2D eigenvalue weighted by atomic mass is 32.2. The quantitative estimate of drug-likeness (QED) is 0.753. The van der Waals surface area contributed by atoms with E-state index in [1.807, 2.05) is 0 Å². The van der Waals surface area contributed by atoms with Crippen LogP contribution in [0.3, 0.4) is 0 Å². The van der Waals surface area contributed by atoms with Crippen LogP contribution in [0.2, 0.25) is 0 Å². The van der Waals surface area contributed by atoms with Gasteiger partial charge >= 0.3 is 5.97 Å². The molecule has 146 valence electrons. The monoisotopic (exact) mass is 393 g/mol. The van der Waals surface area contributed by atoms with E-state index in [0.717, 1.165) is 19.3 Å². The van der Waals surface area contributed by atoms with Gasteiger partial charge in [0.15, 0.2) is 6.10 Å². The second kappa shape index (κ2) is 8.08. The number of esters is 1. The van der Waals surface area contributed by atoms with E-state index < -0.39 is 22.1 Å². The van der Waals surface area contributed by atoms with Gasteiger partial charge in [-0.05, 0) is 38.3 Å². The molecule has 0 aromatic heterocycles. The van der Waals surface area contributed by atoms with E-state index >= 15 is 0 Å². The molecule has 8 nitrogen and oxygen atoms in total. The van der Waals surface area contributed by atoms with E-state index in [9.17, 15) is 18.0 Å². The summed E-state index contributed by atoms with van der Waals surface area (Å²) >= 11 is 0. The van der Waals surface area contributed by atoms with Crippen LogP contribution in [-0.4, -0.2) is 56.8 Å². The Bertz CT molecular complexity index is 860. The number of sulfonamides is 1. The second-order valence-corrected chi connectivity index (χ2v) is 8.25. The van der Waals surface area contributed by atoms with E-state index in [2.05, 4.69) is 9.71 Å². The van der Waals surface area contributed by atoms with Crippen LogP contribution in [0.4, 0.5) is 0 Å². The molecule has 1 N–H and O–H groups in total. The van der Waals surface area contributed by atoms with E-state index in [1.54, 1.807) is 30.0 Å². The van der Waals surface area contributed by atoms with Gasteiger partial charge in [0.25, 0.3) is 15.9 Å². The van der Waals surface area contributed by atoms with Crippen LogP contribution in [0.1, 0.15) is 38.2 Å². The number of hydrogen-bond acceptors (Lipinski definition) is 6. The molecule has 1 fully saturated rings. The van der Waals surface area contributed by atoms with Crippen LogP contribution < -0.4 is 4.72 Å². The first-order chi connectivity index (χ1) is 12.9. The fourth-order valence-electron chi connectivity index (χ4n) is 3.19. The van der Waals surface area contributed by atoms with E-state index in [0.29, 0.717) is 18.7 Å². The number of amidine groups is 1. The molecule has 9 heteroatoms. The fourth-order valence-corrected chi connectivity index (χ4v) is 4.44. The normalized spacial score (nSPS) is 20.6. The Morgan fingerprint density at radius 3 is 2.67 bits per heavy atom. The van der Waals surface area contributed by atoms with Crippen molar-refractivity contribution in [2.45, 2.75) is 43.6 Å². The van der Waals surface area contributed by atoms with E-state index in [-0.39, 0.29) is 29.6 Å². The van der Waals surface area contributed by atoms with Gasteiger partial charge in [0.05, 0.1) is 17.9 Å². The molecule has 1 saturated heterocycles. The summed E-state index contributed by atoms with van der Waals surface area (Å²) in [5.74, 6) is -0.492. The minimum Gasteiger partial charge on any atom is -0.452 e. The molecule has 0 unspecified atom stereocenters. The zero-order valence-corrected chi connectivity index (χ0v) is 16.0. The maximum absolute atomic E-state index is 12.3. The summed E-state index contributed by atoms with van der Waals surface area (Å²) in [6.07, 6.45) is 2.20. The summed E-state index contributed by atoms with van der Waals surface area (Å²) in [6, 6.07) is 6.52. The predicted octanol–water partition coefficient (Wildman–Crippen LogP) is 1.06. The number of piperidine rings is 1. The number of carbonyl (C=O) groups excluding carboxylic acids is 2. The van der Waals surface area contributed by atoms with Gasteiger partial charge in [-0.15, -0.1) is 0 Å². The zero-order chi connectivity index (χ0) is 19.4. The molecule has 0 bridgehead atoms. The molecule has 1 aromatic carbocycles. The average molecular weight is 393 g/mol. The number of carbonyl (C=O) groups is 2. The Kier molecular flexibility index (Phi) is 5.79. The minimum atomic E-state index is -3.60. The van der Waals surface area contributed by atoms with Crippen molar-refractivity contribution < 1.29 is 22.7 Å². The number of fused-ring (bicyclic) bond motifs is 1. The van der Waals surface area contributed by atoms with Crippen LogP contribution in [0.15, 0.2) is 34.2 Å². The van der Waals surface area contributed by atoms with Crippen LogP contribution in [0.25, 0.3) is 0 Å². The van der Waals surface area contributed by atoms with Gasteiger partial charge in [0.2, 0.25) is 0 Å². The van der Waals surface area contributed by atoms with Crippen molar-refractivity contribution in [2.24, 2.45) is 4.99 Å². The number of hydrogen-bond donors (Lipinski definition) is 1. The summed E-state index contributed by atoms with van der Waals surface area (Å²) in [4.78, 5) is 30.3. The standard InChI is InChI=1S/C18H23N3O5S/c1-13(18(23)21-11-5-2-6-12-21)26-16(22)9-10-19-17-14-7-3-4-8-15(14)27(24,25)20-17/h3-4,7-8,13H,2,5-6,9-12H2,1H3,(H,19,20)/t13-/m1/s1. The molecule has 1 atom stereocenters. The van der Waals surface area contributed by atoms with Crippen molar-refractivity contribution in [3.8, 4) is 0 Å². The molecule has 0 aliphatic carbocycles. The Balaban J connectivity index is 1.52. The molecular weight excluding hydrogens is 370 g/mol. The van der Waals surface area contributed by atoms with Crippen LogP contribution >= 0.6 is 0 Å². The first-order valence-electron chi connectivity index (χ1n) is 9.03. The van der Waals surface area contributed by atoms with Crippen LogP contribution in [0.5, 0.6) is 0 Å². The number of amides is 1. The molecule has 3 rings (SSSR count). The highest BCUT2D eigenvalue weighted by Gasteiger charge is 2.30. The largest absolute Gasteiger partial charge is 0.452 e. The zero-order valence-electron chi connectivity index (χ0n) is 15.2. The average Bonchev–Trinajstić information content (AvgIpc) is 2.92. The topological polar surface area (TPSA) is 105 Å². The van der Waals surface area contributed by atoms with Crippen molar-refractivity contribution in [2.75, 3.05) is 19.6 Å². The first kappa shape index (κ1) is 19.3. The number of likely N-dealkylation sites (tertiary alicyclic amines) is 1. The van der Waals surface area contributed by atoms with Crippen molar-refractivity contribution in [1.29, 1.82) is 0 Å². The Labute approximate surface area is 158 Å². The van der Waals surface area contributed by atoms with Crippen molar-refractivity contribution in [3.05, 3.63) is 29.8 Å². The highest BCUT2D eigenvalue weighted by molar-refractivity contribution is 7.90. The van der Waals surface area contributed by atoms with Gasteiger partial charge in [-0.25, -0.2) is 8.42 Å². The molecule has 2 aliphatic rings. The van der Waals surface area contributed by atoms with Gasteiger partial charge in [0, 0.05) is 18.7 Å². The Hall–Kier alpha value is -2.42. The molecule has 1 amide bonds. The molecule has 0 saturated carbocycles. The summed E-state index contributed by atoms with van der Waals surface area (Å²) in [5, 5.41) is 0. The van der Waals surface area contributed by atoms with Crippen LogP contribution in [0, 0.1) is 0 Å². The fraction of sp³-hybridized carbons (Fsp3) is 0.500. The highest BCUT2D eigenvalue weighted by Crippen LogP contribution is 2.22. The van der Waals surface area contributed by atoms with Crippen LogP contribution in [-0.2, 0) is 24.3 Å². The molecule has 2 aliphatic heterocycles. The lowest BCUT2D eigenvalue weighted by Crippen LogP contribution is -2.42. The molecule has 0 spiro atoms. The number of benzene rings is 1. The molecule has 2 heterocycles. The van der Waals surface area contributed by atoms with Gasteiger partial charge in [-0.1, -0.05) is 12.1 Å². The third-order valence-corrected chi connectivity index (χ3v) is 5.97. The van der Waals surface area contributed by atoms with Gasteiger partial charge in [-0.2, -0.15) is 0 Å². The number of ether oxygens (including phenoxy) is 1. The molecule has 0 radical (unpaired) electrons. The number of nitrogens with zero attached hydrogens (tertiary/aromatic N) is 2. The SMILES string of the molecule is C[C@@H](OC(=O)CCN=C1NS(=O)(=O)c2ccccc21)C(=O)N1CCCCC1. The maximum atomic E-state index is 12.3. The minimum absolute atomic E-state index is 0.0367. The third kappa shape index (κ3) is 4.47. The van der Waals surface area contributed by atoms with Crippen molar-refractivity contribution >= 4 is 27.7 Å². The number of aliphatic imine (C=N–C) groups is 1. The van der Waals surface area contributed by atoms with Gasteiger partial charge in [-0.3, -0.25) is 19.3 Å². The smallest absolute Gasteiger partial charge is 0.308 e. The lowest BCUT2D eigenvalue weighted by Gasteiger charge is -2.28. The van der Waals surface area contributed by atoms with E-state index in [1.165, 1.54) is 6.07 Å². The van der Waals surface area contributed by atoms with Crippen molar-refractivity contribution in [1.82, 2.24) is 9.62 Å². The number of rotatable bonds is 5. The molecule has 27 heavy (non-hydrogen) atoms. The summed E-state index contributed by atoms with van der Waals surface area (Å²) in [7, 11) is -3.60. The first-order valence-corrected chi connectivity index (χ1v) is 10.5. The summed E-state index contributed by atoms with van der Waals surface area (Å²) < 4.78 is 31.6. The predicted molar refractivity (Wildman–Crippen MR) is 98.8 cm³/mol. The number of nitrogens with one attached hydrogen (secondary N) is 1. The van der Waals surface area contributed by atoms with Crippen molar-refractivity contribution in [3.63, 3.8) is 0 Å². The Morgan fingerprint density at radius 2 is 1.93 bits per heavy atom. The molecular formula is C18H23N3O5S. The maximum Gasteiger partial charge on any atom is 0.308 e. The summed E-state index contributed by atoms with van der Waals surface area (Å²) in [5.41, 5.74) is 0.486. The molecule has 1 aromatic rings. The Morgan fingerprint density at radius 1 is 1.22 bits per heavy atom. The third-order valence-electron chi connectivity index (χ3n) is 4.57. The van der Waals surface area contributed by atoms with Gasteiger partial charge in [0.1, 0.15) is 5.84 Å². The van der Waals surface area contributed by atoms with E-state index in [4.69, 9.17) is 4.74 Å². The lowest BCUT2D eigenvalue weighted by molar-refractivity contribution is -0.159. The summed E-state index contributed by atoms with van der Waals surface area (Å²) in [6.45, 7) is 3.04. The second-order valence-electron chi connectivity index (χ2n) is 6.60. The van der Waals surface area contributed by atoms with Gasteiger partial charge < -0.3 is 9.64 Å².